The fourth-order valence-corrected chi connectivity index (χ4v) is 0.238. The number of carbonyl (C=O) groups is 2. The number of aliphatic hydroxyl groups is 1. The molecule has 0 aromatic rings. The van der Waals surface area contributed by atoms with Crippen LogP contribution in [0.15, 0.2) is 0 Å². The summed E-state index contributed by atoms with van der Waals surface area (Å²) in [5.41, 5.74) is 0. The van der Waals surface area contributed by atoms with Crippen molar-refractivity contribution in [3.8, 4) is 0 Å². The van der Waals surface area contributed by atoms with Crippen LogP contribution in [-0.4, -0.2) is 23.7 Å². The Balaban J connectivity index is 3.30. The molecular weight excluding hydrogens is 140 g/mol. The molecule has 1 N–H and O–H groups in total. The van der Waals surface area contributed by atoms with E-state index in [2.05, 4.69) is 9.78 Å². The third-order valence-corrected chi connectivity index (χ3v) is 0.568. The van der Waals surface area contributed by atoms with Crippen molar-refractivity contribution in [1.29, 1.82) is 0 Å². The largest absolute Gasteiger partial charge is 0.396 e. The fraction of sp³-hybridized carbons (Fsp3) is 0.600. The number of rotatable bonds is 2. The number of hydrogen-bond acceptors (Lipinski definition) is 5. The van der Waals surface area contributed by atoms with E-state index in [0.29, 0.717) is 0 Å². The predicted molar refractivity (Wildman–Crippen MR) is 29.6 cm³/mol. The lowest BCUT2D eigenvalue weighted by molar-refractivity contribution is -0.257. The molecule has 0 atom stereocenters. The predicted octanol–water partition coefficient (Wildman–Crippen LogP) is -0.610. The average molecular weight is 148 g/mol. The zero-order valence-electron chi connectivity index (χ0n) is 5.49. The molecule has 0 amide bonds. The Morgan fingerprint density at radius 3 is 2.40 bits per heavy atom. The molecule has 0 radical (unpaired) electrons. The topological polar surface area (TPSA) is 72.8 Å². The van der Waals surface area contributed by atoms with Crippen molar-refractivity contribution in [2.24, 2.45) is 0 Å². The van der Waals surface area contributed by atoms with E-state index in [9.17, 15) is 9.59 Å². The van der Waals surface area contributed by atoms with Gasteiger partial charge >= 0.3 is 11.9 Å². The van der Waals surface area contributed by atoms with Gasteiger partial charge in [0.2, 0.25) is 0 Å². The summed E-state index contributed by atoms with van der Waals surface area (Å²) < 4.78 is 0. The molecule has 0 aromatic carbocycles. The van der Waals surface area contributed by atoms with Crippen molar-refractivity contribution in [2.45, 2.75) is 13.3 Å². The van der Waals surface area contributed by atoms with E-state index < -0.39 is 11.9 Å². The monoisotopic (exact) mass is 148 g/mol. The number of hydrogen-bond donors (Lipinski definition) is 1. The molecule has 5 heteroatoms. The van der Waals surface area contributed by atoms with Crippen LogP contribution in [0.25, 0.3) is 0 Å². The molecule has 0 bridgehead atoms. The van der Waals surface area contributed by atoms with Crippen molar-refractivity contribution in [2.75, 3.05) is 6.61 Å². The summed E-state index contributed by atoms with van der Waals surface area (Å²) in [6.07, 6.45) is -0.173. The first kappa shape index (κ1) is 8.90. The lowest BCUT2D eigenvalue weighted by Crippen LogP contribution is -2.09. The lowest BCUT2D eigenvalue weighted by Gasteiger charge is -1.97. The molecule has 0 fully saturated rings. The maximum absolute atomic E-state index is 10.3. The molecule has 0 unspecified atom stereocenters. The Bertz CT molecular complexity index is 130. The summed E-state index contributed by atoms with van der Waals surface area (Å²) in [6.45, 7) is 0.784. The van der Waals surface area contributed by atoms with E-state index in [0.717, 1.165) is 6.92 Å². The Morgan fingerprint density at radius 2 is 2.00 bits per heavy atom. The van der Waals surface area contributed by atoms with Gasteiger partial charge in [0.05, 0.1) is 13.0 Å². The molecular formula is C5H8O5. The van der Waals surface area contributed by atoms with Gasteiger partial charge in [0.25, 0.3) is 0 Å². The van der Waals surface area contributed by atoms with Gasteiger partial charge in [-0.25, -0.2) is 19.4 Å². The summed E-state index contributed by atoms with van der Waals surface area (Å²) in [7, 11) is 0. The first-order valence-corrected chi connectivity index (χ1v) is 2.65. The van der Waals surface area contributed by atoms with E-state index >= 15 is 0 Å². The highest BCUT2D eigenvalue weighted by atomic mass is 17.2. The van der Waals surface area contributed by atoms with Crippen LogP contribution in [0.4, 0.5) is 0 Å². The second-order valence-electron chi connectivity index (χ2n) is 1.50. The molecule has 0 aliphatic carbocycles. The Labute approximate surface area is 57.5 Å². The molecule has 0 aliphatic rings. The summed E-state index contributed by atoms with van der Waals surface area (Å²) in [5, 5.41) is 8.16. The Kier molecular flexibility index (Phi) is 4.23. The van der Waals surface area contributed by atoms with Gasteiger partial charge in [-0.05, 0) is 0 Å². The van der Waals surface area contributed by atoms with E-state index in [4.69, 9.17) is 5.11 Å². The van der Waals surface area contributed by atoms with Gasteiger partial charge in [-0.3, -0.25) is 0 Å². The molecule has 58 valence electrons. The summed E-state index contributed by atoms with van der Waals surface area (Å²) in [4.78, 5) is 28.0. The third-order valence-electron chi connectivity index (χ3n) is 0.568. The first-order chi connectivity index (χ1) is 4.66. The summed E-state index contributed by atoms with van der Waals surface area (Å²) in [5.74, 6) is -1.47. The second kappa shape index (κ2) is 4.75. The van der Waals surface area contributed by atoms with Gasteiger partial charge in [-0.2, -0.15) is 0 Å². The zero-order chi connectivity index (χ0) is 7.98. The van der Waals surface area contributed by atoms with Crippen LogP contribution in [0.1, 0.15) is 13.3 Å². The highest BCUT2D eigenvalue weighted by Gasteiger charge is 2.03. The lowest BCUT2D eigenvalue weighted by atomic mass is 10.5. The summed E-state index contributed by atoms with van der Waals surface area (Å²) >= 11 is 0. The Hall–Kier alpha value is -1.10. The van der Waals surface area contributed by atoms with Crippen molar-refractivity contribution < 1.29 is 24.5 Å². The van der Waals surface area contributed by atoms with E-state index in [1.54, 1.807) is 0 Å². The smallest absolute Gasteiger partial charge is 0.357 e. The van der Waals surface area contributed by atoms with Gasteiger partial charge in [0.1, 0.15) is 0 Å². The molecule has 0 saturated carbocycles. The van der Waals surface area contributed by atoms with Crippen LogP contribution in [0.5, 0.6) is 0 Å². The first-order valence-electron chi connectivity index (χ1n) is 2.65. The molecule has 0 heterocycles. The third kappa shape index (κ3) is 5.04. The molecule has 0 saturated heterocycles. The highest BCUT2D eigenvalue weighted by molar-refractivity contribution is 5.71. The minimum absolute atomic E-state index is 0.173. The number of aliphatic hydroxyl groups excluding tert-OH is 1. The SMILES string of the molecule is CC(=O)OOC(=O)CCO. The zero-order valence-corrected chi connectivity index (χ0v) is 5.49. The van der Waals surface area contributed by atoms with Crippen molar-refractivity contribution in [1.82, 2.24) is 0 Å². The maximum atomic E-state index is 10.3. The van der Waals surface area contributed by atoms with Gasteiger partial charge in [-0.15, -0.1) is 0 Å². The van der Waals surface area contributed by atoms with Gasteiger partial charge < -0.3 is 5.11 Å². The van der Waals surface area contributed by atoms with Crippen LogP contribution in [0.3, 0.4) is 0 Å². The van der Waals surface area contributed by atoms with Crippen molar-refractivity contribution in [3.05, 3.63) is 0 Å². The second-order valence-corrected chi connectivity index (χ2v) is 1.50. The quantitative estimate of drug-likeness (QED) is 0.417. The van der Waals surface area contributed by atoms with E-state index in [1.807, 2.05) is 0 Å². The van der Waals surface area contributed by atoms with E-state index in [1.165, 1.54) is 0 Å². The molecule has 0 aliphatic heterocycles. The minimum Gasteiger partial charge on any atom is -0.396 e. The molecule has 10 heavy (non-hydrogen) atoms. The molecule has 0 spiro atoms. The van der Waals surface area contributed by atoms with E-state index in [-0.39, 0.29) is 13.0 Å². The van der Waals surface area contributed by atoms with Gasteiger partial charge in [-0.1, -0.05) is 0 Å². The molecule has 0 rings (SSSR count). The minimum atomic E-state index is -0.766. The van der Waals surface area contributed by atoms with Crippen LogP contribution < -0.4 is 0 Å². The van der Waals surface area contributed by atoms with Gasteiger partial charge in [0.15, 0.2) is 0 Å². The standard InChI is InChI=1S/C5H8O5/c1-4(7)9-10-5(8)2-3-6/h6H,2-3H2,1H3. The molecule has 0 aromatic heterocycles. The summed E-state index contributed by atoms with van der Waals surface area (Å²) in [6, 6.07) is 0. The van der Waals surface area contributed by atoms with Crippen LogP contribution in [0.2, 0.25) is 0 Å². The van der Waals surface area contributed by atoms with Crippen molar-refractivity contribution in [3.63, 3.8) is 0 Å². The Morgan fingerprint density at radius 1 is 1.40 bits per heavy atom. The molecule has 5 nitrogen and oxygen atoms in total. The normalized spacial score (nSPS) is 8.60. The fourth-order valence-electron chi connectivity index (χ4n) is 0.238. The van der Waals surface area contributed by atoms with Crippen LogP contribution in [-0.2, 0) is 19.4 Å². The number of carbonyl (C=O) groups excluding carboxylic acids is 2. The average Bonchev–Trinajstić information content (AvgIpc) is 1.85. The van der Waals surface area contributed by atoms with Crippen LogP contribution >= 0.6 is 0 Å². The maximum Gasteiger partial charge on any atom is 0.357 e. The highest BCUT2D eigenvalue weighted by Crippen LogP contribution is 1.86. The van der Waals surface area contributed by atoms with Crippen molar-refractivity contribution >= 4 is 11.9 Å². The van der Waals surface area contributed by atoms with Gasteiger partial charge in [0, 0.05) is 6.92 Å². The van der Waals surface area contributed by atoms with Crippen LogP contribution in [0, 0.1) is 0 Å².